The second kappa shape index (κ2) is 6.82. The van der Waals surface area contributed by atoms with E-state index in [4.69, 9.17) is 0 Å². The number of rotatable bonds is 3. The molecule has 0 spiro atoms. The van der Waals surface area contributed by atoms with E-state index in [1.807, 2.05) is 28.5 Å². The molecule has 1 N–H and O–H groups in total. The van der Waals surface area contributed by atoms with Gasteiger partial charge in [0.25, 0.3) is 11.8 Å². The minimum Gasteiger partial charge on any atom is -0.334 e. The Morgan fingerprint density at radius 3 is 2.72 bits per heavy atom. The summed E-state index contributed by atoms with van der Waals surface area (Å²) in [6.45, 7) is 1.34. The molecular formula is C19H16N2O2S2. The average molecular weight is 368 g/mol. The molecule has 0 saturated carbocycles. The van der Waals surface area contributed by atoms with Crippen molar-refractivity contribution in [2.24, 2.45) is 0 Å². The molecule has 0 radical (unpaired) electrons. The lowest BCUT2D eigenvalue weighted by molar-refractivity contribution is 0.0737. The predicted octanol–water partition coefficient (Wildman–Crippen LogP) is 4.26. The number of nitrogens with zero attached hydrogens (tertiary/aromatic N) is 1. The van der Waals surface area contributed by atoms with Gasteiger partial charge in [-0.15, -0.1) is 22.7 Å². The molecule has 1 aliphatic rings. The molecule has 3 heterocycles. The number of hydrogen-bond acceptors (Lipinski definition) is 4. The smallest absolute Gasteiger partial charge is 0.265 e. The number of nitrogens with one attached hydrogen (secondary N) is 1. The Hall–Kier alpha value is -2.44. The van der Waals surface area contributed by atoms with Gasteiger partial charge in [-0.25, -0.2) is 0 Å². The molecule has 0 atom stereocenters. The topological polar surface area (TPSA) is 49.4 Å². The Bertz CT molecular complexity index is 915. The van der Waals surface area contributed by atoms with Crippen LogP contribution < -0.4 is 5.32 Å². The van der Waals surface area contributed by atoms with Crippen LogP contribution >= 0.6 is 22.7 Å². The molecule has 2 amide bonds. The third-order valence-electron chi connectivity index (χ3n) is 4.25. The Morgan fingerprint density at radius 2 is 1.88 bits per heavy atom. The Labute approximate surface area is 153 Å². The van der Waals surface area contributed by atoms with Crippen LogP contribution in [0.4, 0.5) is 5.69 Å². The molecule has 0 fully saturated rings. The van der Waals surface area contributed by atoms with Gasteiger partial charge in [0.15, 0.2) is 0 Å². The van der Waals surface area contributed by atoms with Crippen LogP contribution in [0.5, 0.6) is 0 Å². The van der Waals surface area contributed by atoms with Crippen LogP contribution in [0.2, 0.25) is 0 Å². The first-order valence-corrected chi connectivity index (χ1v) is 9.77. The summed E-state index contributed by atoms with van der Waals surface area (Å²) in [5, 5.41) is 6.81. The van der Waals surface area contributed by atoms with Crippen LogP contribution in [0, 0.1) is 0 Å². The highest BCUT2D eigenvalue weighted by molar-refractivity contribution is 7.12. The molecule has 126 valence electrons. The first-order valence-electron chi connectivity index (χ1n) is 8.01. The van der Waals surface area contributed by atoms with Crippen molar-refractivity contribution in [3.63, 3.8) is 0 Å². The second-order valence-corrected chi connectivity index (χ2v) is 7.77. The fourth-order valence-electron chi connectivity index (χ4n) is 2.96. The summed E-state index contributed by atoms with van der Waals surface area (Å²) in [6.07, 6.45) is 0.891. The molecule has 25 heavy (non-hydrogen) atoms. The summed E-state index contributed by atoms with van der Waals surface area (Å²) in [5.74, 6) is -0.229. The second-order valence-electron chi connectivity index (χ2n) is 5.82. The lowest BCUT2D eigenvalue weighted by Gasteiger charge is -2.27. The first kappa shape index (κ1) is 16.1. The predicted molar refractivity (Wildman–Crippen MR) is 101 cm³/mol. The number of fused-ring (bicyclic) bond motifs is 1. The van der Waals surface area contributed by atoms with E-state index in [1.54, 1.807) is 29.5 Å². The number of para-hydroxylation sites is 1. The third kappa shape index (κ3) is 3.23. The van der Waals surface area contributed by atoms with Gasteiger partial charge in [-0.2, -0.15) is 0 Å². The van der Waals surface area contributed by atoms with Crippen molar-refractivity contribution >= 4 is 40.2 Å². The number of carbonyl (C=O) groups excluding carboxylic acids is 2. The number of thiophene rings is 2. The van der Waals surface area contributed by atoms with Gasteiger partial charge >= 0.3 is 0 Å². The monoisotopic (exact) mass is 368 g/mol. The third-order valence-corrected chi connectivity index (χ3v) is 6.14. The van der Waals surface area contributed by atoms with Gasteiger partial charge in [-0.1, -0.05) is 18.2 Å². The maximum atomic E-state index is 13.0. The van der Waals surface area contributed by atoms with Crippen molar-refractivity contribution in [3.05, 3.63) is 74.1 Å². The minimum absolute atomic E-state index is 0.0427. The van der Waals surface area contributed by atoms with Gasteiger partial charge < -0.3 is 10.2 Å². The van der Waals surface area contributed by atoms with Crippen molar-refractivity contribution in [3.8, 4) is 0 Å². The number of carbonyl (C=O) groups is 2. The van der Waals surface area contributed by atoms with Gasteiger partial charge in [0.05, 0.1) is 16.1 Å². The largest absolute Gasteiger partial charge is 0.334 e. The van der Waals surface area contributed by atoms with E-state index < -0.39 is 0 Å². The Kier molecular flexibility index (Phi) is 4.38. The van der Waals surface area contributed by atoms with Crippen LogP contribution in [-0.2, 0) is 13.0 Å². The molecule has 4 nitrogen and oxygen atoms in total. The zero-order valence-corrected chi connectivity index (χ0v) is 15.0. The van der Waals surface area contributed by atoms with E-state index >= 15 is 0 Å². The van der Waals surface area contributed by atoms with Crippen LogP contribution in [0.1, 0.15) is 30.5 Å². The number of amides is 2. The van der Waals surface area contributed by atoms with E-state index in [2.05, 4.69) is 16.8 Å². The molecule has 0 unspecified atom stereocenters. The summed E-state index contributed by atoms with van der Waals surface area (Å²) >= 11 is 3.13. The normalized spacial score (nSPS) is 13.4. The molecule has 0 saturated heterocycles. The average Bonchev–Trinajstić information content (AvgIpc) is 3.32. The Morgan fingerprint density at radius 1 is 1.00 bits per heavy atom. The summed E-state index contributed by atoms with van der Waals surface area (Å²) < 4.78 is 0. The molecule has 1 aliphatic heterocycles. The minimum atomic E-state index is -0.186. The molecule has 0 bridgehead atoms. The number of benzene rings is 1. The molecule has 1 aromatic carbocycles. The summed E-state index contributed by atoms with van der Waals surface area (Å²) in [4.78, 5) is 29.2. The molecular weight excluding hydrogens is 352 g/mol. The van der Waals surface area contributed by atoms with E-state index in [9.17, 15) is 9.59 Å². The highest BCUT2D eigenvalue weighted by Crippen LogP contribution is 2.27. The first-order chi connectivity index (χ1) is 12.2. The van der Waals surface area contributed by atoms with Crippen LogP contribution in [0.3, 0.4) is 0 Å². The zero-order chi connectivity index (χ0) is 17.2. The Balaban J connectivity index is 1.56. The fourth-order valence-corrected chi connectivity index (χ4v) is 4.47. The lowest BCUT2D eigenvalue weighted by Crippen LogP contribution is -2.35. The molecule has 3 aromatic rings. The zero-order valence-electron chi connectivity index (χ0n) is 13.4. The quantitative estimate of drug-likeness (QED) is 0.751. The van der Waals surface area contributed by atoms with E-state index in [1.165, 1.54) is 21.8 Å². The van der Waals surface area contributed by atoms with Gasteiger partial charge in [-0.05, 0) is 47.0 Å². The summed E-state index contributed by atoms with van der Waals surface area (Å²) in [6, 6.07) is 12.9. The lowest BCUT2D eigenvalue weighted by atomic mass is 10.1. The highest BCUT2D eigenvalue weighted by Gasteiger charge is 2.24. The van der Waals surface area contributed by atoms with Crippen molar-refractivity contribution < 1.29 is 9.59 Å². The van der Waals surface area contributed by atoms with Crippen molar-refractivity contribution in [1.29, 1.82) is 0 Å². The van der Waals surface area contributed by atoms with Gasteiger partial charge in [0.2, 0.25) is 0 Å². The molecule has 4 rings (SSSR count). The van der Waals surface area contributed by atoms with Gasteiger partial charge in [0.1, 0.15) is 0 Å². The molecule has 6 heteroatoms. The van der Waals surface area contributed by atoms with Gasteiger partial charge in [0, 0.05) is 18.0 Å². The maximum absolute atomic E-state index is 13.0. The van der Waals surface area contributed by atoms with Crippen LogP contribution in [0.15, 0.2) is 53.2 Å². The fraction of sp³-hybridized carbons (Fsp3) is 0.158. The summed E-state index contributed by atoms with van der Waals surface area (Å²) in [7, 11) is 0. The standard InChI is InChI=1S/C19H16N2O2S2/c22-18(17-6-3-10-24-17)20-15-5-2-1-4-14(15)19(23)21-9-7-16-13(12-21)8-11-25-16/h1-6,8,10-11H,7,9,12H2,(H,20,22). The van der Waals surface area contributed by atoms with E-state index in [0.29, 0.717) is 29.2 Å². The molecule has 0 aliphatic carbocycles. The van der Waals surface area contributed by atoms with Crippen LogP contribution in [0.25, 0.3) is 0 Å². The van der Waals surface area contributed by atoms with Crippen molar-refractivity contribution in [1.82, 2.24) is 4.90 Å². The SMILES string of the molecule is O=C(Nc1ccccc1C(=O)N1CCc2sccc2C1)c1cccs1. The van der Waals surface area contributed by atoms with E-state index in [-0.39, 0.29) is 11.8 Å². The van der Waals surface area contributed by atoms with Crippen LogP contribution in [-0.4, -0.2) is 23.3 Å². The number of hydrogen-bond donors (Lipinski definition) is 1. The van der Waals surface area contributed by atoms with Crippen molar-refractivity contribution in [2.75, 3.05) is 11.9 Å². The van der Waals surface area contributed by atoms with Crippen molar-refractivity contribution in [2.45, 2.75) is 13.0 Å². The maximum Gasteiger partial charge on any atom is 0.265 e. The molecule has 2 aromatic heterocycles. The highest BCUT2D eigenvalue weighted by atomic mass is 32.1. The summed E-state index contributed by atoms with van der Waals surface area (Å²) in [5.41, 5.74) is 2.32. The van der Waals surface area contributed by atoms with Gasteiger partial charge in [-0.3, -0.25) is 9.59 Å². The van der Waals surface area contributed by atoms with E-state index in [0.717, 1.165) is 6.42 Å². The number of anilines is 1.